The Kier molecular flexibility index (Phi) is 13.0. The van der Waals surface area contributed by atoms with Crippen LogP contribution in [0.2, 0.25) is 0 Å². The summed E-state index contributed by atoms with van der Waals surface area (Å²) >= 11 is 0. The zero-order valence-electron chi connectivity index (χ0n) is 35.1. The van der Waals surface area contributed by atoms with Crippen LogP contribution in [-0.4, -0.2) is 123 Å². The number of benzene rings is 2. The Labute approximate surface area is 354 Å². The zero-order chi connectivity index (χ0) is 43.4. The van der Waals surface area contributed by atoms with Crippen molar-refractivity contribution in [3.63, 3.8) is 0 Å². The molecule has 5 heterocycles. The number of methoxy groups -OCH3 is 2. The Morgan fingerprint density at radius 2 is 1.44 bits per heavy atom. The summed E-state index contributed by atoms with van der Waals surface area (Å²) in [6, 6.07) is 12.4. The van der Waals surface area contributed by atoms with Crippen LogP contribution in [0.15, 0.2) is 54.7 Å². The highest BCUT2D eigenvalue weighted by Gasteiger charge is 2.48. The zero-order valence-corrected chi connectivity index (χ0v) is 35.1. The summed E-state index contributed by atoms with van der Waals surface area (Å²) in [6.07, 6.45) is 4.61. The molecule has 3 aromatic rings. The molecule has 0 saturated carbocycles. The number of hydrogen-bond acceptors (Lipinski definition) is 10. The summed E-state index contributed by atoms with van der Waals surface area (Å²) < 4.78 is 9.54. The number of fused-ring (bicyclic) bond motifs is 1. The first kappa shape index (κ1) is 42.8. The summed E-state index contributed by atoms with van der Waals surface area (Å²) in [5.41, 5.74) is 4.19. The quantitative estimate of drug-likeness (QED) is 0.232. The van der Waals surface area contributed by atoms with E-state index >= 15 is 0 Å². The fourth-order valence-corrected chi connectivity index (χ4v) is 8.95. The van der Waals surface area contributed by atoms with Crippen LogP contribution in [0.4, 0.5) is 10.5 Å². The predicted molar refractivity (Wildman–Crippen MR) is 222 cm³/mol. The number of hydrazine groups is 1. The van der Waals surface area contributed by atoms with Gasteiger partial charge >= 0.3 is 12.1 Å². The van der Waals surface area contributed by atoms with Crippen LogP contribution in [0.1, 0.15) is 83.5 Å². The van der Waals surface area contributed by atoms with Crippen molar-refractivity contribution < 1.29 is 43.0 Å². The molecule has 3 N–H and O–H groups in total. The molecule has 0 spiro atoms. The molecule has 0 unspecified atom stereocenters. The number of likely N-dealkylation sites (tertiary alicyclic amines) is 2. The van der Waals surface area contributed by atoms with E-state index in [-0.39, 0.29) is 55.5 Å². The summed E-state index contributed by atoms with van der Waals surface area (Å²) in [5, 5.41) is 7.97. The van der Waals surface area contributed by atoms with Crippen LogP contribution in [0.3, 0.4) is 0 Å². The second-order valence-corrected chi connectivity index (χ2v) is 16.4. The second-order valence-electron chi connectivity index (χ2n) is 16.4. The van der Waals surface area contributed by atoms with E-state index in [1.54, 1.807) is 6.20 Å². The summed E-state index contributed by atoms with van der Waals surface area (Å²) in [6.45, 7) is 5.10. The third-order valence-electron chi connectivity index (χ3n) is 12.3. The molecule has 1 aromatic heterocycles. The number of ether oxygens (including phenoxy) is 2. The molecule has 7 rings (SSSR count). The van der Waals surface area contributed by atoms with Gasteiger partial charge < -0.3 is 34.9 Å². The summed E-state index contributed by atoms with van der Waals surface area (Å²) in [7, 11) is 2.52. The minimum atomic E-state index is -1.03. The van der Waals surface area contributed by atoms with Crippen molar-refractivity contribution in [1.29, 1.82) is 0 Å². The fraction of sp³-hybridized carbons (Fsp3) is 0.500. The van der Waals surface area contributed by atoms with E-state index < -0.39 is 47.9 Å². The molecule has 0 bridgehead atoms. The molecule has 4 aliphatic heterocycles. The van der Waals surface area contributed by atoms with Crippen molar-refractivity contribution in [2.24, 2.45) is 11.8 Å². The van der Waals surface area contributed by atoms with Crippen molar-refractivity contribution in [3.05, 3.63) is 60.6 Å². The number of amides is 6. The van der Waals surface area contributed by atoms with Gasteiger partial charge in [0.15, 0.2) is 0 Å². The third-order valence-corrected chi connectivity index (χ3v) is 12.3. The lowest BCUT2D eigenvalue weighted by Gasteiger charge is -2.44. The highest BCUT2D eigenvalue weighted by atomic mass is 16.5. The van der Waals surface area contributed by atoms with Crippen molar-refractivity contribution in [2.45, 2.75) is 95.8 Å². The average Bonchev–Trinajstić information content (AvgIpc) is 4.07. The van der Waals surface area contributed by atoms with Gasteiger partial charge in [0.1, 0.15) is 23.9 Å². The summed E-state index contributed by atoms with van der Waals surface area (Å²) in [4.78, 5) is 104. The molecular formula is C44H54N8O9. The lowest BCUT2D eigenvalue weighted by molar-refractivity contribution is -0.179. The van der Waals surface area contributed by atoms with Gasteiger partial charge in [-0.25, -0.2) is 14.8 Å². The van der Waals surface area contributed by atoms with E-state index in [1.807, 2.05) is 67.3 Å². The van der Waals surface area contributed by atoms with Gasteiger partial charge in [-0.15, -0.1) is 0 Å². The maximum absolute atomic E-state index is 14.1. The molecule has 61 heavy (non-hydrogen) atoms. The predicted octanol–water partition coefficient (Wildman–Crippen LogP) is 4.43. The molecule has 2 aromatic carbocycles. The minimum absolute atomic E-state index is 0.0209. The number of carbonyl (C=O) groups is 7. The number of nitrogens with one attached hydrogen (secondary N) is 3. The number of anilines is 1. The van der Waals surface area contributed by atoms with Gasteiger partial charge in [0.05, 0.1) is 44.5 Å². The molecule has 6 amide bonds. The highest BCUT2D eigenvalue weighted by Crippen LogP contribution is 2.35. The molecule has 4 saturated heterocycles. The first-order valence-electron chi connectivity index (χ1n) is 21.1. The fourth-order valence-electron chi connectivity index (χ4n) is 8.95. The van der Waals surface area contributed by atoms with E-state index in [0.29, 0.717) is 50.3 Å². The molecule has 324 valence electrons. The molecule has 0 radical (unpaired) electrons. The van der Waals surface area contributed by atoms with Crippen LogP contribution in [0.25, 0.3) is 22.4 Å². The SMILES string of the molecule is COC(=O)C[C@H](C(=O)N1CCC[C@H]1c1ncc(-c2ccc(-c3ccc(NC(=O)[C@@H]4CCCN4C(=O)[C@@H]4CCCN5C(=O)CC[C@H](NC(=O)OC)C(=O)N45)cc3)cc2)[nH]1)C(C)C. The van der Waals surface area contributed by atoms with Gasteiger partial charge in [0, 0.05) is 31.7 Å². The number of imidazole rings is 1. The Balaban J connectivity index is 0.976. The van der Waals surface area contributed by atoms with Crippen molar-refractivity contribution in [3.8, 4) is 22.4 Å². The number of rotatable bonds is 11. The molecule has 4 fully saturated rings. The normalized spacial score (nSPS) is 22.1. The number of esters is 1. The number of H-pyrrole nitrogens is 1. The van der Waals surface area contributed by atoms with Gasteiger partial charge in [0.2, 0.25) is 23.6 Å². The van der Waals surface area contributed by atoms with Crippen LogP contribution in [-0.2, 0) is 38.2 Å². The maximum atomic E-state index is 14.1. The van der Waals surface area contributed by atoms with Gasteiger partial charge in [-0.05, 0) is 79.7 Å². The first-order valence-corrected chi connectivity index (χ1v) is 21.1. The summed E-state index contributed by atoms with van der Waals surface area (Å²) in [5.74, 6) is -1.85. The highest BCUT2D eigenvalue weighted by molar-refractivity contribution is 6.00. The van der Waals surface area contributed by atoms with Crippen molar-refractivity contribution in [2.75, 3.05) is 39.2 Å². The van der Waals surface area contributed by atoms with Gasteiger partial charge in [-0.2, -0.15) is 0 Å². The lowest BCUT2D eigenvalue weighted by atomic mass is 9.91. The van der Waals surface area contributed by atoms with Crippen molar-refractivity contribution >= 4 is 47.3 Å². The van der Waals surface area contributed by atoms with E-state index in [2.05, 4.69) is 25.3 Å². The number of nitrogens with zero attached hydrogens (tertiary/aromatic N) is 5. The van der Waals surface area contributed by atoms with Crippen LogP contribution >= 0.6 is 0 Å². The maximum Gasteiger partial charge on any atom is 0.407 e. The first-order chi connectivity index (χ1) is 29.4. The van der Waals surface area contributed by atoms with Crippen LogP contribution in [0.5, 0.6) is 0 Å². The van der Waals surface area contributed by atoms with Crippen LogP contribution in [0, 0.1) is 11.8 Å². The third kappa shape index (κ3) is 9.10. The minimum Gasteiger partial charge on any atom is -0.469 e. The molecule has 5 atom stereocenters. The second kappa shape index (κ2) is 18.6. The molecule has 4 aliphatic rings. The standard InChI is InChI=1S/C44H54N8O9/c1-26(2)31(24-38(54)60-3)41(56)49-21-5-8-34(49)39-45-25-33(47-39)29-13-11-27(12-14-29)28-15-17-30(18-16-28)46-40(55)35-9-6-22-50(35)43(58)36-10-7-23-51-37(53)20-19-32(42(57)52(36)51)48-44(59)61-4/h11-18,25-26,31-32,34-36H,5-10,19-24H2,1-4H3,(H,45,47)(H,46,55)(H,48,59)/t31-,32-,34-,35-,36-/m0/s1. The van der Waals surface area contributed by atoms with E-state index in [1.165, 1.54) is 29.1 Å². The van der Waals surface area contributed by atoms with Gasteiger partial charge in [-0.3, -0.25) is 33.8 Å². The average molecular weight is 839 g/mol. The largest absolute Gasteiger partial charge is 0.469 e. The topological polar surface area (TPSA) is 204 Å². The molecule has 17 heteroatoms. The van der Waals surface area contributed by atoms with Gasteiger partial charge in [0.25, 0.3) is 5.91 Å². The number of aromatic amines is 1. The molecule has 17 nitrogen and oxygen atoms in total. The van der Waals surface area contributed by atoms with Crippen LogP contribution < -0.4 is 10.6 Å². The van der Waals surface area contributed by atoms with Gasteiger partial charge in [-0.1, -0.05) is 50.2 Å². The molecule has 0 aliphatic carbocycles. The lowest BCUT2D eigenvalue weighted by Crippen LogP contribution is -2.64. The molecular weight excluding hydrogens is 785 g/mol. The Bertz CT molecular complexity index is 2140. The number of hydrogen-bond donors (Lipinski definition) is 3. The Hall–Kier alpha value is -6.26. The van der Waals surface area contributed by atoms with E-state index in [9.17, 15) is 33.6 Å². The Morgan fingerprint density at radius 1 is 0.803 bits per heavy atom. The number of aromatic nitrogens is 2. The number of carbonyl (C=O) groups excluding carboxylic acids is 7. The van der Waals surface area contributed by atoms with E-state index in [0.717, 1.165) is 35.2 Å². The van der Waals surface area contributed by atoms with Crippen molar-refractivity contribution in [1.82, 2.24) is 35.1 Å². The smallest absolute Gasteiger partial charge is 0.407 e. The van der Waals surface area contributed by atoms with E-state index in [4.69, 9.17) is 4.74 Å². The Morgan fingerprint density at radius 3 is 2.13 bits per heavy atom. The monoisotopic (exact) mass is 838 g/mol. The number of alkyl carbamates (subject to hydrolysis) is 1.